The van der Waals surface area contributed by atoms with Crippen molar-refractivity contribution in [3.8, 4) is 0 Å². The maximum absolute atomic E-state index is 4.48. The Morgan fingerprint density at radius 3 is 2.61 bits per heavy atom. The third-order valence-electron chi connectivity index (χ3n) is 3.30. The highest BCUT2D eigenvalue weighted by Gasteiger charge is 2.23. The van der Waals surface area contributed by atoms with Gasteiger partial charge < -0.3 is 10.2 Å². The van der Waals surface area contributed by atoms with E-state index in [1.54, 1.807) is 0 Å². The summed E-state index contributed by atoms with van der Waals surface area (Å²) in [6, 6.07) is 0.734. The number of nitrogens with one attached hydrogen (secondary N) is 1. The third kappa shape index (κ3) is 2.88. The van der Waals surface area contributed by atoms with Crippen LogP contribution in [-0.2, 0) is 0 Å². The Hall–Kier alpha value is -1.42. The molecule has 0 aliphatic carbocycles. The zero-order valence-electron chi connectivity index (χ0n) is 11.4. The normalized spacial score (nSPS) is 24.3. The monoisotopic (exact) mass is 246 g/mol. The van der Waals surface area contributed by atoms with Gasteiger partial charge in [-0.3, -0.25) is 0 Å². The fourth-order valence-electron chi connectivity index (χ4n) is 2.21. The maximum atomic E-state index is 4.48. The largest absolute Gasteiger partial charge is 0.337 e. The van der Waals surface area contributed by atoms with Gasteiger partial charge >= 0.3 is 0 Å². The van der Waals surface area contributed by atoms with Crippen LogP contribution in [0.2, 0.25) is 0 Å². The molecule has 2 heterocycles. The van der Waals surface area contributed by atoms with Crippen molar-refractivity contribution in [2.45, 2.75) is 38.8 Å². The molecule has 1 aliphatic rings. The summed E-state index contributed by atoms with van der Waals surface area (Å²) in [6.45, 7) is 12.1. The molecule has 1 fully saturated rings. The first-order valence-electron chi connectivity index (χ1n) is 6.55. The van der Waals surface area contributed by atoms with Crippen LogP contribution in [-0.4, -0.2) is 35.1 Å². The second-order valence-electron chi connectivity index (χ2n) is 5.29. The summed E-state index contributed by atoms with van der Waals surface area (Å²) in [4.78, 5) is 11.2. The summed E-state index contributed by atoms with van der Waals surface area (Å²) >= 11 is 0. The second-order valence-corrected chi connectivity index (χ2v) is 5.29. The van der Waals surface area contributed by atoms with Crippen LogP contribution in [0.3, 0.4) is 0 Å². The molecule has 2 atom stereocenters. The van der Waals surface area contributed by atoms with Gasteiger partial charge in [-0.25, -0.2) is 9.97 Å². The first kappa shape index (κ1) is 13.0. The lowest BCUT2D eigenvalue weighted by Gasteiger charge is -2.36. The van der Waals surface area contributed by atoms with Crippen LogP contribution in [0.25, 0.3) is 0 Å². The number of nitrogens with zero attached hydrogens (tertiary/aromatic N) is 3. The molecular formula is C14H22N4. The summed E-state index contributed by atoms with van der Waals surface area (Å²) in [5.74, 6) is 1.29. The zero-order chi connectivity index (χ0) is 13.1. The second kappa shape index (κ2) is 5.48. The van der Waals surface area contributed by atoms with Gasteiger partial charge in [-0.2, -0.15) is 0 Å². The standard InChI is InChI=1S/C14H22N4/c1-5-13-9-18(8-11(4)17-13)14-15-6-12(7-16-14)10(2)3/h5-7,10-11,13,17H,1,8-9H2,2-4H3/t11-,13+/m1/s1. The lowest BCUT2D eigenvalue weighted by atomic mass is 10.1. The topological polar surface area (TPSA) is 41.1 Å². The molecule has 1 N–H and O–H groups in total. The van der Waals surface area contributed by atoms with Crippen LogP contribution < -0.4 is 10.2 Å². The lowest BCUT2D eigenvalue weighted by molar-refractivity contribution is 0.427. The molecule has 0 spiro atoms. The van der Waals surface area contributed by atoms with Crippen molar-refractivity contribution in [1.82, 2.24) is 15.3 Å². The minimum atomic E-state index is 0.308. The molecule has 1 aromatic rings. The molecule has 1 aromatic heterocycles. The van der Waals surface area contributed by atoms with E-state index in [1.165, 1.54) is 5.56 Å². The van der Waals surface area contributed by atoms with E-state index in [2.05, 4.69) is 47.5 Å². The average molecular weight is 246 g/mol. The fraction of sp³-hybridized carbons (Fsp3) is 0.571. The van der Waals surface area contributed by atoms with Gasteiger partial charge in [0.25, 0.3) is 0 Å². The molecule has 4 heteroatoms. The summed E-state index contributed by atoms with van der Waals surface area (Å²) in [5.41, 5.74) is 1.18. The molecule has 0 saturated carbocycles. The number of hydrogen-bond donors (Lipinski definition) is 1. The van der Waals surface area contributed by atoms with E-state index < -0.39 is 0 Å². The molecule has 1 aliphatic heterocycles. The smallest absolute Gasteiger partial charge is 0.225 e. The summed E-state index contributed by atoms with van der Waals surface area (Å²) in [5, 5.41) is 3.48. The Bertz CT molecular complexity index is 399. The van der Waals surface area contributed by atoms with E-state index in [0.717, 1.165) is 19.0 Å². The van der Waals surface area contributed by atoms with E-state index in [9.17, 15) is 0 Å². The predicted octanol–water partition coefficient (Wildman–Crippen LogP) is 1.95. The lowest BCUT2D eigenvalue weighted by Crippen LogP contribution is -2.55. The van der Waals surface area contributed by atoms with Gasteiger partial charge in [0.15, 0.2) is 0 Å². The number of aromatic nitrogens is 2. The van der Waals surface area contributed by atoms with E-state index in [0.29, 0.717) is 18.0 Å². The van der Waals surface area contributed by atoms with E-state index in [-0.39, 0.29) is 0 Å². The van der Waals surface area contributed by atoms with Gasteiger partial charge in [-0.1, -0.05) is 19.9 Å². The van der Waals surface area contributed by atoms with E-state index in [4.69, 9.17) is 0 Å². The Morgan fingerprint density at radius 1 is 1.39 bits per heavy atom. The molecule has 0 bridgehead atoms. The van der Waals surface area contributed by atoms with Crippen molar-refractivity contribution < 1.29 is 0 Å². The van der Waals surface area contributed by atoms with Gasteiger partial charge in [-0.15, -0.1) is 6.58 Å². The quantitative estimate of drug-likeness (QED) is 0.828. The number of anilines is 1. The first-order chi connectivity index (χ1) is 8.60. The molecule has 18 heavy (non-hydrogen) atoms. The first-order valence-corrected chi connectivity index (χ1v) is 6.55. The molecule has 98 valence electrons. The number of piperazine rings is 1. The van der Waals surface area contributed by atoms with Crippen molar-refractivity contribution in [1.29, 1.82) is 0 Å². The molecule has 1 saturated heterocycles. The molecule has 4 nitrogen and oxygen atoms in total. The third-order valence-corrected chi connectivity index (χ3v) is 3.30. The maximum Gasteiger partial charge on any atom is 0.225 e. The van der Waals surface area contributed by atoms with Crippen LogP contribution in [0, 0.1) is 0 Å². The Labute approximate surface area is 109 Å². The summed E-state index contributed by atoms with van der Waals surface area (Å²) < 4.78 is 0. The number of hydrogen-bond acceptors (Lipinski definition) is 4. The van der Waals surface area contributed by atoms with Crippen LogP contribution in [0.5, 0.6) is 0 Å². The number of rotatable bonds is 3. The summed E-state index contributed by atoms with van der Waals surface area (Å²) in [6.07, 6.45) is 5.82. The predicted molar refractivity (Wildman–Crippen MR) is 74.9 cm³/mol. The molecule has 0 unspecified atom stereocenters. The minimum absolute atomic E-state index is 0.308. The Balaban J connectivity index is 2.12. The van der Waals surface area contributed by atoms with Crippen molar-refractivity contribution in [3.05, 3.63) is 30.6 Å². The molecule has 0 amide bonds. The van der Waals surface area contributed by atoms with Gasteiger partial charge in [0, 0.05) is 37.6 Å². The average Bonchev–Trinajstić information content (AvgIpc) is 2.38. The highest BCUT2D eigenvalue weighted by Crippen LogP contribution is 2.16. The van der Waals surface area contributed by atoms with Crippen molar-refractivity contribution in [2.24, 2.45) is 0 Å². The van der Waals surface area contributed by atoms with Gasteiger partial charge in [0.2, 0.25) is 5.95 Å². The molecule has 0 radical (unpaired) electrons. The summed E-state index contributed by atoms with van der Waals surface area (Å²) in [7, 11) is 0. The van der Waals surface area contributed by atoms with Crippen molar-refractivity contribution >= 4 is 5.95 Å². The minimum Gasteiger partial charge on any atom is -0.337 e. The van der Waals surface area contributed by atoms with Gasteiger partial charge in [-0.05, 0) is 18.4 Å². The molecule has 0 aromatic carbocycles. The molecule has 2 rings (SSSR count). The van der Waals surface area contributed by atoms with E-state index >= 15 is 0 Å². The van der Waals surface area contributed by atoms with Gasteiger partial charge in [0.1, 0.15) is 0 Å². The van der Waals surface area contributed by atoms with Crippen LogP contribution in [0.1, 0.15) is 32.3 Å². The highest BCUT2D eigenvalue weighted by molar-refractivity contribution is 5.33. The van der Waals surface area contributed by atoms with Crippen molar-refractivity contribution in [3.63, 3.8) is 0 Å². The zero-order valence-corrected chi connectivity index (χ0v) is 11.4. The van der Waals surface area contributed by atoms with Crippen LogP contribution >= 0.6 is 0 Å². The fourth-order valence-corrected chi connectivity index (χ4v) is 2.21. The van der Waals surface area contributed by atoms with Crippen LogP contribution in [0.15, 0.2) is 25.0 Å². The van der Waals surface area contributed by atoms with Gasteiger partial charge in [0.05, 0.1) is 0 Å². The van der Waals surface area contributed by atoms with E-state index in [1.807, 2.05) is 18.5 Å². The highest BCUT2D eigenvalue weighted by atomic mass is 15.3. The Morgan fingerprint density at radius 2 is 2.06 bits per heavy atom. The van der Waals surface area contributed by atoms with Crippen LogP contribution in [0.4, 0.5) is 5.95 Å². The van der Waals surface area contributed by atoms with Crippen molar-refractivity contribution in [2.75, 3.05) is 18.0 Å². The molecular weight excluding hydrogens is 224 g/mol. The SMILES string of the molecule is C=C[C@H]1CN(c2ncc(C(C)C)cn2)C[C@@H](C)N1. The Kier molecular flexibility index (Phi) is 3.97.